The van der Waals surface area contributed by atoms with Crippen LogP contribution in [0.1, 0.15) is 83.6 Å². The van der Waals surface area contributed by atoms with E-state index in [0.717, 1.165) is 12.8 Å². The van der Waals surface area contributed by atoms with Gasteiger partial charge in [0.2, 0.25) is 35.4 Å². The maximum Gasteiger partial charge on any atom is 0.328 e. The minimum atomic E-state index is -1.46. The Hall–Kier alpha value is -4.82. The molecule has 0 unspecified atom stereocenters. The van der Waals surface area contributed by atoms with Gasteiger partial charge < -0.3 is 35.4 Å². The van der Waals surface area contributed by atoms with E-state index >= 15 is 0 Å². The summed E-state index contributed by atoms with van der Waals surface area (Å²) in [5, 5.41) is 8.02. The number of carbonyl (C=O) groups excluding carboxylic acids is 7. The van der Waals surface area contributed by atoms with Crippen LogP contribution in [0.3, 0.4) is 0 Å². The summed E-state index contributed by atoms with van der Waals surface area (Å²) < 4.78 is 19.8. The standard InChI is InChI=1S/C38H53FN6O8/c1-4-5-6-7-17-33(47)41-28(23-26-13-10-14-27(39)22-26)34(48)42-29-24-53-38(52)31-16-12-21-45(31)35(49)25(2)40-32(46)18-8-9-19-43(3)37(51)30-15-11-20-44(30)36(29)50/h7,10,13-14,17,22,25,28-31H,4-6,8-9,11-12,15-16,18-21,23-24H2,1-3H3,(H,40,46)(H,41,47)(H,42,48)/b17-7+/t25-,28-,29-,30-,31-/m0/s1. The molecule has 53 heavy (non-hydrogen) atoms. The number of halogens is 1. The molecule has 0 aromatic heterocycles. The molecule has 0 radical (unpaired) electrons. The van der Waals surface area contributed by atoms with Gasteiger partial charge in [0.15, 0.2) is 0 Å². The van der Waals surface area contributed by atoms with Crippen LogP contribution in [-0.2, 0) is 44.7 Å². The van der Waals surface area contributed by atoms with Gasteiger partial charge in [-0.1, -0.05) is 38.0 Å². The molecule has 14 nitrogen and oxygen atoms in total. The van der Waals surface area contributed by atoms with Gasteiger partial charge in [-0.15, -0.1) is 0 Å². The van der Waals surface area contributed by atoms with E-state index in [1.165, 1.54) is 39.0 Å². The Balaban J connectivity index is 1.62. The summed E-state index contributed by atoms with van der Waals surface area (Å²) in [6, 6.07) is 0.196. The highest BCUT2D eigenvalue weighted by atomic mass is 19.1. The molecule has 1 aromatic rings. The molecule has 3 fully saturated rings. The number of hydrogen-bond acceptors (Lipinski definition) is 8. The molecular formula is C38H53FN6O8. The number of benzene rings is 1. The third-order valence-corrected chi connectivity index (χ3v) is 9.86. The second-order valence-electron chi connectivity index (χ2n) is 14.0. The topological polar surface area (TPSA) is 175 Å². The highest BCUT2D eigenvalue weighted by Crippen LogP contribution is 2.23. The van der Waals surface area contributed by atoms with Crippen molar-refractivity contribution in [3.05, 3.63) is 47.8 Å². The molecule has 0 saturated carbocycles. The van der Waals surface area contributed by atoms with E-state index in [1.54, 1.807) is 26.1 Å². The molecule has 6 amide bonds. The monoisotopic (exact) mass is 740 g/mol. The predicted octanol–water partition coefficient (Wildman–Crippen LogP) is 1.76. The Kier molecular flexibility index (Phi) is 15.3. The molecule has 0 aliphatic carbocycles. The zero-order valence-corrected chi connectivity index (χ0v) is 30.9. The van der Waals surface area contributed by atoms with Crippen LogP contribution in [-0.4, -0.2) is 120 Å². The molecule has 0 bridgehead atoms. The van der Waals surface area contributed by atoms with Crippen LogP contribution in [0.15, 0.2) is 36.4 Å². The number of nitrogens with zero attached hydrogens (tertiary/aromatic N) is 3. The van der Waals surface area contributed by atoms with Gasteiger partial charge in [-0.25, -0.2) is 9.18 Å². The number of allylic oxidation sites excluding steroid dienone is 1. The maximum absolute atomic E-state index is 14.3. The summed E-state index contributed by atoms with van der Waals surface area (Å²) in [4.78, 5) is 98.5. The number of carbonyl (C=O) groups is 7. The highest BCUT2D eigenvalue weighted by Gasteiger charge is 2.42. The summed E-state index contributed by atoms with van der Waals surface area (Å²) >= 11 is 0. The molecular weight excluding hydrogens is 687 g/mol. The van der Waals surface area contributed by atoms with E-state index in [0.29, 0.717) is 57.1 Å². The van der Waals surface area contributed by atoms with Crippen molar-refractivity contribution < 1.29 is 42.7 Å². The Morgan fingerprint density at radius 1 is 0.981 bits per heavy atom. The first-order valence-corrected chi connectivity index (χ1v) is 18.7. The van der Waals surface area contributed by atoms with Crippen LogP contribution >= 0.6 is 0 Å². The number of hydrogen-bond donors (Lipinski definition) is 3. The quantitative estimate of drug-likeness (QED) is 0.195. The number of esters is 1. The van der Waals surface area contributed by atoms with Crippen LogP contribution in [0.25, 0.3) is 0 Å². The van der Waals surface area contributed by atoms with E-state index in [4.69, 9.17) is 4.74 Å². The zero-order chi connectivity index (χ0) is 38.5. The van der Waals surface area contributed by atoms with Crippen molar-refractivity contribution in [3.8, 4) is 0 Å². The van der Waals surface area contributed by atoms with E-state index in [1.807, 2.05) is 6.92 Å². The number of ether oxygens (including phenoxy) is 1. The Bertz CT molecular complexity index is 1540. The van der Waals surface area contributed by atoms with E-state index in [2.05, 4.69) is 16.0 Å². The van der Waals surface area contributed by atoms with Crippen LogP contribution < -0.4 is 16.0 Å². The average Bonchev–Trinajstić information content (AvgIpc) is 3.83. The first-order chi connectivity index (χ1) is 25.4. The van der Waals surface area contributed by atoms with Gasteiger partial charge in [-0.05, 0) is 75.6 Å². The van der Waals surface area contributed by atoms with Gasteiger partial charge in [0.05, 0.1) is 0 Å². The van der Waals surface area contributed by atoms with Gasteiger partial charge in [0.25, 0.3) is 0 Å². The van der Waals surface area contributed by atoms with Crippen molar-refractivity contribution >= 4 is 41.4 Å². The van der Waals surface area contributed by atoms with Gasteiger partial charge in [0.1, 0.15) is 42.6 Å². The van der Waals surface area contributed by atoms with Crippen molar-refractivity contribution in [2.45, 2.75) is 115 Å². The minimum absolute atomic E-state index is 0.109. The van der Waals surface area contributed by atoms with E-state index in [-0.39, 0.29) is 37.7 Å². The predicted molar refractivity (Wildman–Crippen MR) is 192 cm³/mol. The normalized spacial score (nSPS) is 24.5. The summed E-state index contributed by atoms with van der Waals surface area (Å²) in [5.41, 5.74) is 0.420. The maximum atomic E-state index is 14.3. The summed E-state index contributed by atoms with van der Waals surface area (Å²) in [6.07, 6.45) is 8.24. The molecule has 0 spiro atoms. The summed E-state index contributed by atoms with van der Waals surface area (Å²) in [5.74, 6) is -4.35. The van der Waals surface area contributed by atoms with Gasteiger partial charge >= 0.3 is 5.97 Å². The first-order valence-electron chi connectivity index (χ1n) is 18.7. The molecule has 290 valence electrons. The van der Waals surface area contributed by atoms with Crippen molar-refractivity contribution in [2.24, 2.45) is 0 Å². The fourth-order valence-electron chi connectivity index (χ4n) is 6.94. The second kappa shape index (κ2) is 19.9. The van der Waals surface area contributed by atoms with E-state index in [9.17, 15) is 38.0 Å². The number of rotatable bonds is 9. The number of likely N-dealkylation sites (N-methyl/N-ethyl adjacent to an activating group) is 1. The van der Waals surface area contributed by atoms with Crippen molar-refractivity contribution in [2.75, 3.05) is 33.3 Å². The Labute approximate surface area is 310 Å². The lowest BCUT2D eigenvalue weighted by Crippen LogP contribution is -2.58. The van der Waals surface area contributed by atoms with Crippen molar-refractivity contribution in [1.29, 1.82) is 0 Å². The summed E-state index contributed by atoms with van der Waals surface area (Å²) in [7, 11) is 1.62. The summed E-state index contributed by atoms with van der Waals surface area (Å²) in [6.45, 7) is 3.79. The lowest BCUT2D eigenvalue weighted by Gasteiger charge is -2.32. The second-order valence-corrected chi connectivity index (χ2v) is 14.0. The van der Waals surface area contributed by atoms with Crippen LogP contribution in [0.2, 0.25) is 0 Å². The van der Waals surface area contributed by atoms with Crippen molar-refractivity contribution in [1.82, 2.24) is 30.7 Å². The zero-order valence-electron chi connectivity index (χ0n) is 30.9. The van der Waals surface area contributed by atoms with Crippen LogP contribution in [0.5, 0.6) is 0 Å². The lowest BCUT2D eigenvalue weighted by molar-refractivity contribution is -0.157. The average molecular weight is 741 g/mol. The third-order valence-electron chi connectivity index (χ3n) is 9.86. The highest BCUT2D eigenvalue weighted by molar-refractivity contribution is 5.96. The number of cyclic esters (lactones) is 1. The molecule has 3 heterocycles. The van der Waals surface area contributed by atoms with Crippen LogP contribution in [0, 0.1) is 5.82 Å². The SMILES string of the molecule is CCCC/C=C/C(=O)N[C@@H](Cc1cccc(F)c1)C(=O)N[C@H]1COC(=O)[C@@H]2CCCN2C(=O)[C@H](C)NC(=O)CCCCN(C)C(=O)[C@@H]2CCCN2C1=O. The van der Waals surface area contributed by atoms with Gasteiger partial charge in [-0.2, -0.15) is 0 Å². The van der Waals surface area contributed by atoms with Crippen molar-refractivity contribution in [3.63, 3.8) is 0 Å². The molecule has 4 rings (SSSR count). The fraction of sp³-hybridized carbons (Fsp3) is 0.605. The minimum Gasteiger partial charge on any atom is -0.461 e. The Morgan fingerprint density at radius 3 is 2.42 bits per heavy atom. The fourth-order valence-corrected chi connectivity index (χ4v) is 6.94. The lowest BCUT2D eigenvalue weighted by atomic mass is 10.0. The third kappa shape index (κ3) is 11.6. The molecule has 3 N–H and O–H groups in total. The Morgan fingerprint density at radius 2 is 1.70 bits per heavy atom. The molecule has 5 atom stereocenters. The first kappa shape index (κ1) is 40.9. The van der Waals surface area contributed by atoms with E-state index < -0.39 is 72.2 Å². The van der Waals surface area contributed by atoms with Crippen LogP contribution in [0.4, 0.5) is 4.39 Å². The molecule has 1 aromatic carbocycles. The molecule has 15 heteroatoms. The molecule has 3 saturated heterocycles. The number of nitrogens with one attached hydrogen (secondary N) is 3. The number of fused-ring (bicyclic) bond motifs is 2. The number of amides is 6. The molecule has 3 aliphatic heterocycles. The molecule has 3 aliphatic rings. The largest absolute Gasteiger partial charge is 0.461 e. The number of unbranched alkanes of at least 4 members (excludes halogenated alkanes) is 2. The van der Waals surface area contributed by atoms with Gasteiger partial charge in [-0.3, -0.25) is 28.8 Å². The van der Waals surface area contributed by atoms with Gasteiger partial charge in [0, 0.05) is 39.5 Å². The smallest absolute Gasteiger partial charge is 0.328 e.